The van der Waals surface area contributed by atoms with E-state index in [1.54, 1.807) is 6.07 Å². The summed E-state index contributed by atoms with van der Waals surface area (Å²) in [6, 6.07) is 1.89. The Bertz CT molecular complexity index is 496. The Hall–Kier alpha value is -1.91. The molecule has 0 bridgehead atoms. The lowest BCUT2D eigenvalue weighted by Crippen LogP contribution is -2.28. The summed E-state index contributed by atoms with van der Waals surface area (Å²) in [7, 11) is 0. The molecule has 5 nitrogen and oxygen atoms in total. The summed E-state index contributed by atoms with van der Waals surface area (Å²) in [4.78, 5) is 27.8. The first-order chi connectivity index (χ1) is 9.56. The van der Waals surface area contributed by atoms with Gasteiger partial charge in [0, 0.05) is 25.0 Å². The molecular formula is C15H21N3O2. The van der Waals surface area contributed by atoms with Crippen LogP contribution in [0.5, 0.6) is 0 Å². The molecule has 2 amide bonds. The summed E-state index contributed by atoms with van der Waals surface area (Å²) in [5.41, 5.74) is 0.866. The van der Waals surface area contributed by atoms with Gasteiger partial charge < -0.3 is 10.6 Å². The van der Waals surface area contributed by atoms with E-state index in [-0.39, 0.29) is 11.8 Å². The first-order valence-electron chi connectivity index (χ1n) is 7.10. The quantitative estimate of drug-likeness (QED) is 0.831. The van der Waals surface area contributed by atoms with Gasteiger partial charge in [0.15, 0.2) is 0 Å². The topological polar surface area (TPSA) is 71.1 Å². The number of hydrogen-bond acceptors (Lipinski definition) is 3. The lowest BCUT2D eigenvalue weighted by molar-refractivity contribution is 0.0950. The van der Waals surface area contributed by atoms with Crippen LogP contribution in [0.3, 0.4) is 0 Å². The van der Waals surface area contributed by atoms with E-state index in [0.29, 0.717) is 29.6 Å². The van der Waals surface area contributed by atoms with Gasteiger partial charge in [0.1, 0.15) is 0 Å². The molecule has 0 radical (unpaired) electrons. The van der Waals surface area contributed by atoms with E-state index in [1.807, 2.05) is 0 Å². The smallest absolute Gasteiger partial charge is 0.253 e. The third-order valence-electron chi connectivity index (χ3n) is 3.18. The van der Waals surface area contributed by atoms with Crippen molar-refractivity contribution in [3.05, 3.63) is 29.6 Å². The zero-order valence-electron chi connectivity index (χ0n) is 12.0. The van der Waals surface area contributed by atoms with E-state index < -0.39 is 0 Å². The Morgan fingerprint density at radius 2 is 1.90 bits per heavy atom. The highest BCUT2D eigenvalue weighted by Crippen LogP contribution is 2.19. The second-order valence-corrected chi connectivity index (χ2v) is 5.65. The molecule has 1 aliphatic rings. The molecule has 1 aromatic heterocycles. The van der Waals surface area contributed by atoms with Gasteiger partial charge in [-0.3, -0.25) is 14.6 Å². The van der Waals surface area contributed by atoms with Crippen LogP contribution in [0.2, 0.25) is 0 Å². The summed E-state index contributed by atoms with van der Waals surface area (Å²) in [5, 5.41) is 5.72. The van der Waals surface area contributed by atoms with Crippen molar-refractivity contribution in [1.82, 2.24) is 15.6 Å². The van der Waals surface area contributed by atoms with Crippen LogP contribution in [-0.2, 0) is 0 Å². The standard InChI is InChI=1S/C15H21N3O2/c1-10(2)5-6-17-14(19)11-7-12(9-16-8-11)15(20)18-13-3-4-13/h7-10,13H,3-6H2,1-2H3,(H,17,19)(H,18,20). The number of amides is 2. The van der Waals surface area contributed by atoms with E-state index in [4.69, 9.17) is 0 Å². The van der Waals surface area contributed by atoms with Crippen LogP contribution < -0.4 is 10.6 Å². The number of carbonyl (C=O) groups is 2. The number of nitrogens with zero attached hydrogens (tertiary/aromatic N) is 1. The number of carbonyl (C=O) groups excluding carboxylic acids is 2. The number of rotatable bonds is 6. The van der Waals surface area contributed by atoms with E-state index in [2.05, 4.69) is 29.5 Å². The predicted molar refractivity (Wildman–Crippen MR) is 76.5 cm³/mol. The number of aromatic nitrogens is 1. The Morgan fingerprint density at radius 1 is 1.25 bits per heavy atom. The molecule has 0 aliphatic heterocycles. The lowest BCUT2D eigenvalue weighted by Gasteiger charge is -2.08. The minimum absolute atomic E-state index is 0.156. The number of hydrogen-bond donors (Lipinski definition) is 2. The third kappa shape index (κ3) is 4.33. The molecule has 0 saturated heterocycles. The monoisotopic (exact) mass is 275 g/mol. The highest BCUT2D eigenvalue weighted by Gasteiger charge is 2.24. The third-order valence-corrected chi connectivity index (χ3v) is 3.18. The van der Waals surface area contributed by atoms with E-state index >= 15 is 0 Å². The van der Waals surface area contributed by atoms with Crippen LogP contribution in [0.1, 0.15) is 53.8 Å². The van der Waals surface area contributed by atoms with Gasteiger partial charge in [-0.15, -0.1) is 0 Å². The molecule has 1 heterocycles. The molecule has 0 unspecified atom stereocenters. The normalized spacial score (nSPS) is 14.2. The Kier molecular flexibility index (Phi) is 4.71. The van der Waals surface area contributed by atoms with Crippen molar-refractivity contribution < 1.29 is 9.59 Å². The molecule has 0 aromatic carbocycles. The molecule has 5 heteroatoms. The molecule has 0 spiro atoms. The maximum absolute atomic E-state index is 12.0. The van der Waals surface area contributed by atoms with Crippen LogP contribution in [0.15, 0.2) is 18.5 Å². The first kappa shape index (κ1) is 14.5. The molecule has 1 fully saturated rings. The van der Waals surface area contributed by atoms with Gasteiger partial charge in [-0.25, -0.2) is 0 Å². The van der Waals surface area contributed by atoms with Crippen molar-refractivity contribution in [2.24, 2.45) is 5.92 Å². The van der Waals surface area contributed by atoms with Crippen LogP contribution in [0, 0.1) is 5.92 Å². The Morgan fingerprint density at radius 3 is 2.50 bits per heavy atom. The van der Waals surface area contributed by atoms with Crippen LogP contribution >= 0.6 is 0 Å². The zero-order chi connectivity index (χ0) is 14.5. The first-order valence-corrected chi connectivity index (χ1v) is 7.10. The molecule has 20 heavy (non-hydrogen) atoms. The maximum Gasteiger partial charge on any atom is 0.253 e. The minimum Gasteiger partial charge on any atom is -0.352 e. The van der Waals surface area contributed by atoms with Crippen molar-refractivity contribution in [3.8, 4) is 0 Å². The minimum atomic E-state index is -0.181. The van der Waals surface area contributed by atoms with Crippen molar-refractivity contribution in [2.45, 2.75) is 39.2 Å². The molecular weight excluding hydrogens is 254 g/mol. The fourth-order valence-corrected chi connectivity index (χ4v) is 1.76. The van der Waals surface area contributed by atoms with Gasteiger partial charge >= 0.3 is 0 Å². The Labute approximate surface area is 119 Å². The fraction of sp³-hybridized carbons (Fsp3) is 0.533. The predicted octanol–water partition coefficient (Wildman–Crippen LogP) is 1.75. The molecule has 2 N–H and O–H groups in total. The molecule has 1 aliphatic carbocycles. The van der Waals surface area contributed by atoms with Gasteiger partial charge in [-0.1, -0.05) is 13.8 Å². The van der Waals surface area contributed by atoms with Crippen molar-refractivity contribution in [1.29, 1.82) is 0 Å². The van der Waals surface area contributed by atoms with Crippen LogP contribution in [-0.4, -0.2) is 29.4 Å². The van der Waals surface area contributed by atoms with Gasteiger partial charge in [-0.2, -0.15) is 0 Å². The van der Waals surface area contributed by atoms with Gasteiger partial charge in [0.25, 0.3) is 11.8 Å². The molecule has 108 valence electrons. The largest absolute Gasteiger partial charge is 0.352 e. The number of pyridine rings is 1. The summed E-state index contributed by atoms with van der Waals surface area (Å²) < 4.78 is 0. The highest BCUT2D eigenvalue weighted by molar-refractivity contribution is 5.99. The summed E-state index contributed by atoms with van der Waals surface area (Å²) in [6.07, 6.45) is 5.98. The van der Waals surface area contributed by atoms with E-state index in [1.165, 1.54) is 12.4 Å². The number of nitrogens with one attached hydrogen (secondary N) is 2. The van der Waals surface area contributed by atoms with Gasteiger partial charge in [0.05, 0.1) is 11.1 Å². The summed E-state index contributed by atoms with van der Waals surface area (Å²) in [6.45, 7) is 4.85. The second-order valence-electron chi connectivity index (χ2n) is 5.65. The van der Waals surface area contributed by atoms with Gasteiger partial charge in [0.2, 0.25) is 0 Å². The lowest BCUT2D eigenvalue weighted by atomic mass is 10.1. The average molecular weight is 275 g/mol. The molecule has 1 saturated carbocycles. The Balaban J connectivity index is 1.93. The van der Waals surface area contributed by atoms with Crippen LogP contribution in [0.4, 0.5) is 0 Å². The van der Waals surface area contributed by atoms with Gasteiger partial charge in [-0.05, 0) is 31.2 Å². The second kappa shape index (κ2) is 6.50. The molecule has 2 rings (SSSR count). The molecule has 0 atom stereocenters. The molecule has 1 aromatic rings. The van der Waals surface area contributed by atoms with E-state index in [9.17, 15) is 9.59 Å². The summed E-state index contributed by atoms with van der Waals surface area (Å²) in [5.74, 6) is 0.208. The SMILES string of the molecule is CC(C)CCNC(=O)c1cncc(C(=O)NC2CC2)c1. The van der Waals surface area contributed by atoms with Crippen LogP contribution in [0.25, 0.3) is 0 Å². The van der Waals surface area contributed by atoms with Crippen molar-refractivity contribution in [2.75, 3.05) is 6.54 Å². The summed E-state index contributed by atoms with van der Waals surface area (Å²) >= 11 is 0. The zero-order valence-corrected chi connectivity index (χ0v) is 12.0. The highest BCUT2D eigenvalue weighted by atomic mass is 16.2. The maximum atomic E-state index is 12.0. The average Bonchev–Trinajstić information content (AvgIpc) is 3.22. The van der Waals surface area contributed by atoms with E-state index in [0.717, 1.165) is 19.3 Å². The van der Waals surface area contributed by atoms with Crippen molar-refractivity contribution in [3.63, 3.8) is 0 Å². The van der Waals surface area contributed by atoms with Crippen molar-refractivity contribution >= 4 is 11.8 Å². The fourth-order valence-electron chi connectivity index (χ4n) is 1.76.